The molecule has 0 aromatic rings. The fraction of sp³-hybridized carbons (Fsp3) is 0.878. The molecule has 4 N–H and O–H groups in total. The molecule has 0 spiro atoms. The van der Waals surface area contributed by atoms with Gasteiger partial charge in [0.25, 0.3) is 0 Å². The van der Waals surface area contributed by atoms with Gasteiger partial charge in [-0.3, -0.25) is 9.59 Å². The number of ether oxygens (including phenoxy) is 4. The van der Waals surface area contributed by atoms with Crippen LogP contribution in [0.1, 0.15) is 219 Å². The highest BCUT2D eigenvalue weighted by molar-refractivity contribution is 5.70. The van der Waals surface area contributed by atoms with E-state index in [9.17, 15) is 30.0 Å². The molecule has 0 bridgehead atoms. The minimum Gasteiger partial charge on any atom is -0.462 e. The molecule has 3 unspecified atom stereocenters. The summed E-state index contributed by atoms with van der Waals surface area (Å²) >= 11 is 0. The maximum Gasteiger partial charge on any atom is 0.306 e. The molecule has 10 heteroatoms. The zero-order chi connectivity index (χ0) is 43.0. The fourth-order valence-electron chi connectivity index (χ4n) is 7.48. The van der Waals surface area contributed by atoms with Crippen LogP contribution >= 0.6 is 0 Å². The van der Waals surface area contributed by atoms with Crippen LogP contribution in [0.4, 0.5) is 0 Å². The van der Waals surface area contributed by atoms with Crippen molar-refractivity contribution in [1.29, 1.82) is 0 Å². The third-order valence-corrected chi connectivity index (χ3v) is 11.4. The Morgan fingerprint density at radius 2 is 0.983 bits per heavy atom. The number of rotatable bonds is 41. The monoisotopic (exact) mass is 839 g/mol. The van der Waals surface area contributed by atoms with Crippen LogP contribution in [-0.4, -0.2) is 89.0 Å². The van der Waals surface area contributed by atoms with Crippen LogP contribution < -0.4 is 0 Å². The lowest BCUT2D eigenvalue weighted by Gasteiger charge is -2.39. The third-order valence-electron chi connectivity index (χ3n) is 11.4. The quantitative estimate of drug-likeness (QED) is 0.0266. The van der Waals surface area contributed by atoms with Crippen molar-refractivity contribution in [3.05, 3.63) is 24.3 Å². The topological polar surface area (TPSA) is 152 Å². The van der Waals surface area contributed by atoms with Crippen LogP contribution in [0.15, 0.2) is 24.3 Å². The Kier molecular flexibility index (Phi) is 37.7. The summed E-state index contributed by atoms with van der Waals surface area (Å²) in [4.78, 5) is 25.3. The molecular formula is C49H90O10. The Labute approximate surface area is 360 Å². The highest BCUT2D eigenvalue weighted by atomic mass is 16.7. The van der Waals surface area contributed by atoms with E-state index in [1.54, 1.807) is 0 Å². The van der Waals surface area contributed by atoms with Gasteiger partial charge in [0, 0.05) is 12.8 Å². The van der Waals surface area contributed by atoms with E-state index < -0.39 is 49.4 Å². The first-order valence-corrected chi connectivity index (χ1v) is 24.4. The van der Waals surface area contributed by atoms with Gasteiger partial charge in [0.05, 0.1) is 13.2 Å². The summed E-state index contributed by atoms with van der Waals surface area (Å²) in [5.41, 5.74) is 0. The van der Waals surface area contributed by atoms with E-state index in [1.165, 1.54) is 154 Å². The number of carbonyl (C=O) groups is 2. The molecule has 1 heterocycles. The molecule has 0 aliphatic carbocycles. The number of aliphatic hydroxyl groups excluding tert-OH is 4. The second-order valence-corrected chi connectivity index (χ2v) is 16.9. The van der Waals surface area contributed by atoms with Crippen molar-refractivity contribution in [1.82, 2.24) is 0 Å². The first-order chi connectivity index (χ1) is 28.8. The molecule has 59 heavy (non-hydrogen) atoms. The molecule has 346 valence electrons. The van der Waals surface area contributed by atoms with Gasteiger partial charge in [-0.25, -0.2) is 0 Å². The number of unbranched alkanes of at least 4 members (excludes halogenated alkanes) is 26. The molecule has 1 aliphatic heterocycles. The Morgan fingerprint density at radius 1 is 0.525 bits per heavy atom. The van der Waals surface area contributed by atoms with Crippen molar-refractivity contribution < 1.29 is 49.0 Å². The highest BCUT2D eigenvalue weighted by Crippen LogP contribution is 2.23. The van der Waals surface area contributed by atoms with Gasteiger partial charge in [0.15, 0.2) is 12.4 Å². The fourth-order valence-corrected chi connectivity index (χ4v) is 7.48. The van der Waals surface area contributed by atoms with Crippen LogP contribution in [0.3, 0.4) is 0 Å². The second kappa shape index (κ2) is 40.3. The summed E-state index contributed by atoms with van der Waals surface area (Å²) in [6, 6.07) is 0. The lowest BCUT2D eigenvalue weighted by molar-refractivity contribution is -0.305. The van der Waals surface area contributed by atoms with E-state index in [-0.39, 0.29) is 32.0 Å². The molecule has 1 rings (SSSR count). The zero-order valence-corrected chi connectivity index (χ0v) is 37.8. The smallest absolute Gasteiger partial charge is 0.306 e. The van der Waals surface area contributed by atoms with E-state index in [1.807, 2.05) is 12.2 Å². The number of carbonyl (C=O) groups excluding carboxylic acids is 2. The summed E-state index contributed by atoms with van der Waals surface area (Å²) in [6.07, 6.45) is 37.8. The summed E-state index contributed by atoms with van der Waals surface area (Å²) in [7, 11) is 0. The maximum atomic E-state index is 12.7. The molecule has 0 amide bonds. The molecule has 0 aromatic heterocycles. The first-order valence-electron chi connectivity index (χ1n) is 24.4. The number of aliphatic hydroxyl groups is 4. The normalized spacial score (nSPS) is 20.1. The van der Waals surface area contributed by atoms with Crippen molar-refractivity contribution in [3.63, 3.8) is 0 Å². The van der Waals surface area contributed by atoms with Gasteiger partial charge < -0.3 is 39.4 Å². The Hall–Kier alpha value is -1.82. The number of esters is 2. The predicted octanol–water partition coefficient (Wildman–Crippen LogP) is 10.9. The van der Waals surface area contributed by atoms with E-state index in [4.69, 9.17) is 18.9 Å². The van der Waals surface area contributed by atoms with Crippen molar-refractivity contribution in [2.45, 2.75) is 256 Å². The summed E-state index contributed by atoms with van der Waals surface area (Å²) in [5.74, 6) is -0.875. The molecule has 10 nitrogen and oxygen atoms in total. The van der Waals surface area contributed by atoms with Gasteiger partial charge in [0.2, 0.25) is 0 Å². The Morgan fingerprint density at radius 3 is 1.47 bits per heavy atom. The highest BCUT2D eigenvalue weighted by Gasteiger charge is 2.44. The van der Waals surface area contributed by atoms with Crippen LogP contribution in [0.25, 0.3) is 0 Å². The minimum absolute atomic E-state index is 0.127. The second-order valence-electron chi connectivity index (χ2n) is 16.9. The van der Waals surface area contributed by atoms with Crippen molar-refractivity contribution in [3.8, 4) is 0 Å². The van der Waals surface area contributed by atoms with Crippen LogP contribution in [0.2, 0.25) is 0 Å². The van der Waals surface area contributed by atoms with Gasteiger partial charge in [-0.1, -0.05) is 199 Å². The van der Waals surface area contributed by atoms with Gasteiger partial charge in [0.1, 0.15) is 31.0 Å². The number of allylic oxidation sites excluding steroid dienone is 4. The number of hydrogen-bond acceptors (Lipinski definition) is 10. The molecule has 1 aliphatic rings. The Bertz CT molecular complexity index is 1020. The standard InChI is InChI=1S/C49H90O10/c1-3-5-7-9-11-13-15-17-18-19-20-21-22-23-24-26-27-29-31-33-35-37-44(51)56-40-42(41-57-49-48(55)47(54)46(53)43(39-50)59-49)58-45(52)38-36-34-32-30-28-25-16-14-12-10-8-6-4-2/h25,28,32,34,42-43,46-50,53-55H,3-24,26-27,29-31,33,35-41H2,1-2H3/b28-25+,34-32+/t42?,43-,46+,47?,48?,49-/m0/s1. The van der Waals surface area contributed by atoms with Crippen molar-refractivity contribution in [2.24, 2.45) is 0 Å². The van der Waals surface area contributed by atoms with Crippen LogP contribution in [-0.2, 0) is 28.5 Å². The van der Waals surface area contributed by atoms with E-state index in [2.05, 4.69) is 26.0 Å². The van der Waals surface area contributed by atoms with E-state index in [0.29, 0.717) is 6.42 Å². The molecule has 1 fully saturated rings. The van der Waals surface area contributed by atoms with Crippen LogP contribution in [0.5, 0.6) is 0 Å². The van der Waals surface area contributed by atoms with Crippen molar-refractivity contribution >= 4 is 11.9 Å². The maximum absolute atomic E-state index is 12.7. The molecular weight excluding hydrogens is 749 g/mol. The molecule has 0 aromatic carbocycles. The van der Waals surface area contributed by atoms with Gasteiger partial charge >= 0.3 is 11.9 Å². The molecule has 6 atom stereocenters. The van der Waals surface area contributed by atoms with Gasteiger partial charge in [-0.2, -0.15) is 0 Å². The average molecular weight is 839 g/mol. The largest absolute Gasteiger partial charge is 0.462 e. The first kappa shape index (κ1) is 55.2. The summed E-state index contributed by atoms with van der Waals surface area (Å²) < 4.78 is 22.1. The van der Waals surface area contributed by atoms with Gasteiger partial charge in [-0.15, -0.1) is 0 Å². The molecule has 0 saturated carbocycles. The summed E-state index contributed by atoms with van der Waals surface area (Å²) in [5, 5.41) is 40.1. The predicted molar refractivity (Wildman–Crippen MR) is 238 cm³/mol. The lowest BCUT2D eigenvalue weighted by Crippen LogP contribution is -2.59. The third kappa shape index (κ3) is 31.7. The van der Waals surface area contributed by atoms with Crippen molar-refractivity contribution in [2.75, 3.05) is 19.8 Å². The SMILES string of the molecule is CCCCCCCC/C=C/C/C=C/CCC(=O)OC(COC(=O)CCCCCCCCCCCCCCCCCCCCCCC)CO[C@H]1O[C@@H](CO)[C@@H](O)C(O)C1O. The summed E-state index contributed by atoms with van der Waals surface area (Å²) in [6.45, 7) is 3.38. The lowest BCUT2D eigenvalue weighted by atomic mass is 9.99. The molecule has 0 radical (unpaired) electrons. The number of hydrogen-bond donors (Lipinski definition) is 4. The minimum atomic E-state index is -1.60. The van der Waals surface area contributed by atoms with E-state index in [0.717, 1.165) is 32.1 Å². The molecule has 1 saturated heterocycles. The average Bonchev–Trinajstić information content (AvgIpc) is 3.23. The Balaban J connectivity index is 2.27. The van der Waals surface area contributed by atoms with Gasteiger partial charge in [-0.05, 0) is 32.1 Å². The van der Waals surface area contributed by atoms with E-state index >= 15 is 0 Å². The van der Waals surface area contributed by atoms with Crippen LogP contribution in [0, 0.1) is 0 Å². The zero-order valence-electron chi connectivity index (χ0n) is 37.8.